The number of allylic oxidation sites excluding steroid dienone is 1. The van der Waals surface area contributed by atoms with Gasteiger partial charge in [-0.2, -0.15) is 0 Å². The number of esters is 1. The Morgan fingerprint density at radius 3 is 2.71 bits per heavy atom. The molecule has 3 aliphatic heterocycles. The first-order valence-electron chi connectivity index (χ1n) is 13.2. The topological polar surface area (TPSA) is 87.2 Å². The Morgan fingerprint density at radius 2 is 2.03 bits per heavy atom. The van der Waals surface area contributed by atoms with Gasteiger partial charge in [-0.05, 0) is 51.4 Å². The number of unbranched alkanes of at least 4 members (excludes halogenated alkanes) is 4. The Kier molecular flexibility index (Phi) is 10.3. The quantitative estimate of drug-likeness (QED) is 0.196. The van der Waals surface area contributed by atoms with Crippen molar-refractivity contribution in [1.29, 1.82) is 0 Å². The third-order valence-electron chi connectivity index (χ3n) is 7.60. The van der Waals surface area contributed by atoms with E-state index in [0.29, 0.717) is 39.1 Å². The summed E-state index contributed by atoms with van der Waals surface area (Å²) in [7, 11) is 0. The zero-order valence-corrected chi connectivity index (χ0v) is 22.0. The molecule has 0 radical (unpaired) electrons. The average molecular weight is 507 g/mol. The van der Waals surface area contributed by atoms with Gasteiger partial charge in [-0.3, -0.25) is 14.4 Å². The van der Waals surface area contributed by atoms with Gasteiger partial charge in [0.15, 0.2) is 0 Å². The molecule has 35 heavy (non-hydrogen) atoms. The van der Waals surface area contributed by atoms with E-state index in [1.807, 2.05) is 11.0 Å². The van der Waals surface area contributed by atoms with E-state index >= 15 is 0 Å². The highest BCUT2D eigenvalue weighted by molar-refractivity contribution is 8.02. The van der Waals surface area contributed by atoms with E-state index in [4.69, 9.17) is 4.74 Å². The van der Waals surface area contributed by atoms with E-state index < -0.39 is 22.6 Å². The maximum absolute atomic E-state index is 14.0. The normalized spacial score (nSPS) is 28.7. The summed E-state index contributed by atoms with van der Waals surface area (Å²) in [5.41, 5.74) is 0. The highest BCUT2D eigenvalue weighted by atomic mass is 32.2. The standard InChI is InChI=1S/C27H42N2O5S/c1-4-7-9-12-19-34-26(33)21-20-13-14-27(35-20)22(21)24(31)29(17-10-11-18-30)23(27)25(32)28(15-6-3)16-8-5-2/h4,6,20-23,30H,1,3,5,7-19H2,2H3/t20-,21+,22-,23?,27?/m0/s1. The molecule has 2 unspecified atom stereocenters. The van der Waals surface area contributed by atoms with E-state index in [9.17, 15) is 19.5 Å². The minimum absolute atomic E-state index is 0.0167. The number of fused-ring (bicyclic) bond motifs is 1. The van der Waals surface area contributed by atoms with Gasteiger partial charge in [-0.25, -0.2) is 0 Å². The second-order valence-electron chi connectivity index (χ2n) is 9.90. The summed E-state index contributed by atoms with van der Waals surface area (Å²) in [6, 6.07) is -0.587. The predicted octanol–water partition coefficient (Wildman–Crippen LogP) is 3.56. The van der Waals surface area contributed by atoms with Crippen LogP contribution < -0.4 is 0 Å². The summed E-state index contributed by atoms with van der Waals surface area (Å²) < 4.78 is 5.06. The fourth-order valence-corrected chi connectivity index (χ4v) is 8.16. The number of ether oxygens (including phenoxy) is 1. The molecule has 7 nitrogen and oxygen atoms in total. The van der Waals surface area contributed by atoms with Crippen molar-refractivity contribution in [2.45, 2.75) is 80.7 Å². The molecule has 1 spiro atoms. The van der Waals surface area contributed by atoms with Crippen LogP contribution in [0.5, 0.6) is 0 Å². The molecule has 2 bridgehead atoms. The lowest BCUT2D eigenvalue weighted by Crippen LogP contribution is -2.55. The summed E-state index contributed by atoms with van der Waals surface area (Å²) >= 11 is 1.68. The molecule has 3 aliphatic rings. The van der Waals surface area contributed by atoms with Gasteiger partial charge in [0.2, 0.25) is 11.8 Å². The van der Waals surface area contributed by atoms with Crippen molar-refractivity contribution in [1.82, 2.24) is 9.80 Å². The van der Waals surface area contributed by atoms with Crippen molar-refractivity contribution in [2.24, 2.45) is 11.8 Å². The van der Waals surface area contributed by atoms with E-state index in [0.717, 1.165) is 44.9 Å². The number of nitrogens with zero attached hydrogens (tertiary/aromatic N) is 2. The monoisotopic (exact) mass is 506 g/mol. The number of carbonyl (C=O) groups excluding carboxylic acids is 3. The Hall–Kier alpha value is -1.80. The number of aliphatic hydroxyl groups excluding tert-OH is 1. The molecular formula is C27H42N2O5S. The molecule has 5 atom stereocenters. The summed E-state index contributed by atoms with van der Waals surface area (Å²) in [6.45, 7) is 11.5. The molecule has 3 heterocycles. The fourth-order valence-electron chi connectivity index (χ4n) is 5.96. The molecule has 3 fully saturated rings. The van der Waals surface area contributed by atoms with Crippen LogP contribution >= 0.6 is 11.8 Å². The number of carbonyl (C=O) groups is 3. The molecule has 0 aromatic heterocycles. The fraction of sp³-hybridized carbons (Fsp3) is 0.741. The number of rotatable bonds is 16. The van der Waals surface area contributed by atoms with Crippen LogP contribution in [0.2, 0.25) is 0 Å². The Morgan fingerprint density at radius 1 is 1.23 bits per heavy atom. The number of amides is 2. The predicted molar refractivity (Wildman–Crippen MR) is 139 cm³/mol. The molecule has 2 amide bonds. The number of hydrogen-bond donors (Lipinski definition) is 1. The van der Waals surface area contributed by atoms with Gasteiger partial charge in [0.1, 0.15) is 6.04 Å². The van der Waals surface area contributed by atoms with E-state index in [-0.39, 0.29) is 29.6 Å². The zero-order valence-electron chi connectivity index (χ0n) is 21.2. The van der Waals surface area contributed by atoms with Gasteiger partial charge in [0.05, 0.1) is 23.2 Å². The van der Waals surface area contributed by atoms with Gasteiger partial charge in [-0.15, -0.1) is 24.9 Å². The first-order valence-corrected chi connectivity index (χ1v) is 14.1. The van der Waals surface area contributed by atoms with Crippen LogP contribution in [0.15, 0.2) is 25.3 Å². The summed E-state index contributed by atoms with van der Waals surface area (Å²) in [6.07, 6.45) is 10.8. The lowest BCUT2D eigenvalue weighted by Gasteiger charge is -2.37. The van der Waals surface area contributed by atoms with Gasteiger partial charge in [-0.1, -0.05) is 25.5 Å². The van der Waals surface area contributed by atoms with Crippen molar-refractivity contribution < 1.29 is 24.2 Å². The van der Waals surface area contributed by atoms with Gasteiger partial charge in [0, 0.05) is 31.5 Å². The van der Waals surface area contributed by atoms with Crippen LogP contribution in [0.4, 0.5) is 0 Å². The van der Waals surface area contributed by atoms with Crippen LogP contribution in [0, 0.1) is 11.8 Å². The second kappa shape index (κ2) is 12.9. The third kappa shape index (κ3) is 5.63. The van der Waals surface area contributed by atoms with Crippen molar-refractivity contribution >= 4 is 29.5 Å². The smallest absolute Gasteiger partial charge is 0.310 e. The number of likely N-dealkylation sites (tertiary alicyclic amines) is 1. The second-order valence-corrected chi connectivity index (χ2v) is 11.5. The molecule has 0 aromatic rings. The summed E-state index contributed by atoms with van der Waals surface area (Å²) in [5.74, 6) is -1.45. The molecule has 3 rings (SSSR count). The highest BCUT2D eigenvalue weighted by Crippen LogP contribution is 2.66. The van der Waals surface area contributed by atoms with Crippen LogP contribution in [0.25, 0.3) is 0 Å². The zero-order chi connectivity index (χ0) is 25.4. The van der Waals surface area contributed by atoms with Crippen LogP contribution in [0.3, 0.4) is 0 Å². The third-order valence-corrected chi connectivity index (χ3v) is 9.55. The number of aliphatic hydroxyl groups is 1. The lowest BCUT2D eigenvalue weighted by atomic mass is 9.71. The van der Waals surface area contributed by atoms with E-state index in [1.54, 1.807) is 22.7 Å². The minimum Gasteiger partial charge on any atom is -0.465 e. The Bertz CT molecular complexity index is 790. The van der Waals surface area contributed by atoms with Gasteiger partial charge in [0.25, 0.3) is 0 Å². The highest BCUT2D eigenvalue weighted by Gasteiger charge is 2.74. The summed E-state index contributed by atoms with van der Waals surface area (Å²) in [4.78, 5) is 44.6. The molecular weight excluding hydrogens is 464 g/mol. The SMILES string of the molecule is C=CCCCCOC(=O)[C@@H]1[C@@H]2CCC3(S2)C(C(=O)N(CC=C)CCCC)N(CCCCO)C(=O)[C@H]13. The Balaban J connectivity index is 1.85. The maximum atomic E-state index is 14.0. The Labute approximate surface area is 214 Å². The van der Waals surface area contributed by atoms with Crippen molar-refractivity contribution in [3.63, 3.8) is 0 Å². The maximum Gasteiger partial charge on any atom is 0.310 e. The largest absolute Gasteiger partial charge is 0.465 e. The van der Waals surface area contributed by atoms with E-state index in [1.165, 1.54) is 0 Å². The minimum atomic E-state index is -0.587. The molecule has 196 valence electrons. The number of hydrogen-bond acceptors (Lipinski definition) is 6. The first kappa shape index (κ1) is 27.8. The first-order chi connectivity index (χ1) is 17.0. The molecule has 0 saturated carbocycles. The van der Waals surface area contributed by atoms with Crippen molar-refractivity contribution in [2.75, 3.05) is 32.8 Å². The van der Waals surface area contributed by atoms with Crippen molar-refractivity contribution in [3.05, 3.63) is 25.3 Å². The van der Waals surface area contributed by atoms with Crippen molar-refractivity contribution in [3.8, 4) is 0 Å². The van der Waals surface area contributed by atoms with Crippen LogP contribution in [-0.4, -0.2) is 81.6 Å². The molecule has 3 saturated heterocycles. The molecule has 0 aliphatic carbocycles. The summed E-state index contributed by atoms with van der Waals surface area (Å²) in [5, 5.41) is 9.31. The van der Waals surface area contributed by atoms with E-state index in [2.05, 4.69) is 20.1 Å². The molecule has 1 N–H and O–H groups in total. The van der Waals surface area contributed by atoms with Gasteiger partial charge >= 0.3 is 5.97 Å². The van der Waals surface area contributed by atoms with Gasteiger partial charge < -0.3 is 19.6 Å². The van der Waals surface area contributed by atoms with Crippen LogP contribution in [-0.2, 0) is 19.1 Å². The average Bonchev–Trinajstić information content (AvgIpc) is 3.49. The molecule has 0 aromatic carbocycles. The molecule has 8 heteroatoms. The lowest BCUT2D eigenvalue weighted by molar-refractivity contribution is -0.154. The van der Waals surface area contributed by atoms with Crippen LogP contribution in [0.1, 0.15) is 64.7 Å². The number of thioether (sulfide) groups is 1.